The van der Waals surface area contributed by atoms with Crippen molar-refractivity contribution in [1.29, 1.82) is 0 Å². The summed E-state index contributed by atoms with van der Waals surface area (Å²) >= 11 is 9.20. The molecule has 0 saturated heterocycles. The van der Waals surface area contributed by atoms with Crippen LogP contribution in [0.4, 0.5) is 4.79 Å². The molecule has 0 bridgehead atoms. The third-order valence-corrected chi connectivity index (χ3v) is 3.35. The van der Waals surface area contributed by atoms with E-state index in [2.05, 4.69) is 20.9 Å². The highest BCUT2D eigenvalue weighted by atomic mass is 79.9. The number of ether oxygens (including phenoxy) is 1. The summed E-state index contributed by atoms with van der Waals surface area (Å²) in [6, 6.07) is 5.85. The largest absolute Gasteiger partial charge is 0.448 e. The molecule has 0 atom stereocenters. The molecule has 0 saturated carbocycles. The van der Waals surface area contributed by atoms with E-state index in [0.29, 0.717) is 18.8 Å². The molecule has 2 rings (SSSR count). The zero-order valence-corrected chi connectivity index (χ0v) is 12.4. The summed E-state index contributed by atoms with van der Waals surface area (Å²) < 4.78 is 7.73. The number of halogens is 2. The second-order valence-electron chi connectivity index (χ2n) is 3.92. The van der Waals surface area contributed by atoms with Gasteiger partial charge in [-0.15, -0.1) is 11.6 Å². The Hall–Kier alpha value is -1.27. The van der Waals surface area contributed by atoms with Crippen molar-refractivity contribution in [3.8, 4) is 0 Å². The number of aryl methyl sites for hydroxylation is 1. The molecule has 5 nitrogen and oxygen atoms in total. The molecule has 0 aliphatic rings. The first-order valence-corrected chi connectivity index (χ1v) is 7.07. The number of nitrogens with two attached hydrogens (primary N) is 1. The first-order chi connectivity index (χ1) is 9.11. The van der Waals surface area contributed by atoms with Gasteiger partial charge >= 0.3 is 6.09 Å². The van der Waals surface area contributed by atoms with Crippen molar-refractivity contribution < 1.29 is 9.53 Å². The van der Waals surface area contributed by atoms with Gasteiger partial charge in [-0.25, -0.2) is 9.78 Å². The first kappa shape index (κ1) is 14.1. The number of aromatic nitrogens is 2. The Morgan fingerprint density at radius 3 is 3.00 bits per heavy atom. The standard InChI is InChI=1S/C12H13BrClN3O2/c13-8-1-2-10-9(7-8)16-11(3-4-14)17(10)5-6-19-12(15)18/h1-2,7H,3-6H2,(H2,15,18). The van der Waals surface area contributed by atoms with Crippen LogP contribution in [0.25, 0.3) is 11.0 Å². The Morgan fingerprint density at radius 2 is 2.32 bits per heavy atom. The van der Waals surface area contributed by atoms with Crippen molar-refractivity contribution in [1.82, 2.24) is 9.55 Å². The van der Waals surface area contributed by atoms with Gasteiger partial charge in [0.15, 0.2) is 0 Å². The molecule has 0 aliphatic carbocycles. The van der Waals surface area contributed by atoms with Gasteiger partial charge in [0.25, 0.3) is 0 Å². The molecule has 1 aromatic heterocycles. The van der Waals surface area contributed by atoms with Gasteiger partial charge in [0.05, 0.1) is 17.6 Å². The second-order valence-corrected chi connectivity index (χ2v) is 5.21. The maximum absolute atomic E-state index is 10.6. The molecule has 0 radical (unpaired) electrons. The number of nitrogens with zero attached hydrogens (tertiary/aromatic N) is 2. The topological polar surface area (TPSA) is 70.1 Å². The maximum atomic E-state index is 10.6. The van der Waals surface area contributed by atoms with Crippen LogP contribution in [-0.4, -0.2) is 28.1 Å². The van der Waals surface area contributed by atoms with Crippen molar-refractivity contribution in [3.05, 3.63) is 28.5 Å². The van der Waals surface area contributed by atoms with Crippen molar-refractivity contribution in [3.63, 3.8) is 0 Å². The third kappa shape index (κ3) is 3.39. The van der Waals surface area contributed by atoms with Gasteiger partial charge in [0.1, 0.15) is 12.4 Å². The van der Waals surface area contributed by atoms with Gasteiger partial charge in [-0.3, -0.25) is 0 Å². The fraction of sp³-hybridized carbons (Fsp3) is 0.333. The Labute approximate surface area is 123 Å². The first-order valence-electron chi connectivity index (χ1n) is 5.74. The molecule has 0 fully saturated rings. The number of hydrogen-bond donors (Lipinski definition) is 1. The van der Waals surface area contributed by atoms with E-state index in [0.717, 1.165) is 21.3 Å². The van der Waals surface area contributed by atoms with E-state index in [-0.39, 0.29) is 6.61 Å². The van der Waals surface area contributed by atoms with Crippen LogP contribution in [0.2, 0.25) is 0 Å². The average molecular weight is 347 g/mol. The second kappa shape index (κ2) is 6.25. The molecule has 0 aliphatic heterocycles. The van der Waals surface area contributed by atoms with E-state index in [1.54, 1.807) is 0 Å². The summed E-state index contributed by atoms with van der Waals surface area (Å²) in [5.41, 5.74) is 6.81. The number of benzene rings is 1. The van der Waals surface area contributed by atoms with Crippen LogP contribution in [0.15, 0.2) is 22.7 Å². The number of rotatable bonds is 5. The van der Waals surface area contributed by atoms with Crippen LogP contribution in [0.5, 0.6) is 0 Å². The highest BCUT2D eigenvalue weighted by Gasteiger charge is 2.11. The number of carbonyl (C=O) groups is 1. The zero-order valence-electron chi connectivity index (χ0n) is 10.1. The normalized spacial score (nSPS) is 10.8. The average Bonchev–Trinajstić information content (AvgIpc) is 2.66. The zero-order chi connectivity index (χ0) is 13.8. The predicted octanol–water partition coefficient (Wildman–Crippen LogP) is 2.68. The lowest BCUT2D eigenvalue weighted by molar-refractivity contribution is 0.152. The summed E-state index contributed by atoms with van der Waals surface area (Å²) in [4.78, 5) is 15.1. The van der Waals surface area contributed by atoms with Crippen molar-refractivity contribution >= 4 is 44.7 Å². The number of hydrogen-bond acceptors (Lipinski definition) is 3. The smallest absolute Gasteiger partial charge is 0.404 e. The predicted molar refractivity (Wildman–Crippen MR) is 77.4 cm³/mol. The minimum atomic E-state index is -0.772. The highest BCUT2D eigenvalue weighted by Crippen LogP contribution is 2.21. The lowest BCUT2D eigenvalue weighted by Gasteiger charge is -2.08. The number of amides is 1. The molecule has 1 aromatic carbocycles. The molecular weight excluding hydrogens is 334 g/mol. The summed E-state index contributed by atoms with van der Waals surface area (Å²) in [6.07, 6.45) is -0.115. The Morgan fingerprint density at radius 1 is 1.53 bits per heavy atom. The number of primary amides is 1. The summed E-state index contributed by atoms with van der Waals surface area (Å²) in [7, 11) is 0. The van der Waals surface area contributed by atoms with Crippen molar-refractivity contribution in [2.75, 3.05) is 12.5 Å². The quantitative estimate of drug-likeness (QED) is 0.846. The maximum Gasteiger partial charge on any atom is 0.404 e. The molecule has 2 N–H and O–H groups in total. The highest BCUT2D eigenvalue weighted by molar-refractivity contribution is 9.10. The number of carbonyl (C=O) groups excluding carboxylic acids is 1. The molecule has 2 aromatic rings. The summed E-state index contributed by atoms with van der Waals surface area (Å²) in [6.45, 7) is 0.722. The minimum Gasteiger partial charge on any atom is -0.448 e. The molecule has 0 spiro atoms. The van der Waals surface area contributed by atoms with E-state index in [4.69, 9.17) is 22.1 Å². The van der Waals surface area contributed by atoms with Gasteiger partial charge in [-0.2, -0.15) is 0 Å². The van der Waals surface area contributed by atoms with E-state index in [9.17, 15) is 4.79 Å². The van der Waals surface area contributed by atoms with Crippen molar-refractivity contribution in [2.24, 2.45) is 5.73 Å². The van der Waals surface area contributed by atoms with Gasteiger partial charge in [-0.05, 0) is 18.2 Å². The molecule has 1 amide bonds. The number of alkyl halides is 1. The third-order valence-electron chi connectivity index (χ3n) is 2.67. The van der Waals surface area contributed by atoms with Crippen LogP contribution in [0.3, 0.4) is 0 Å². The lowest BCUT2D eigenvalue weighted by atomic mass is 10.3. The van der Waals surface area contributed by atoms with Crippen molar-refractivity contribution in [2.45, 2.75) is 13.0 Å². The molecule has 19 heavy (non-hydrogen) atoms. The van der Waals surface area contributed by atoms with Crippen LogP contribution < -0.4 is 5.73 Å². The molecular formula is C12H13BrClN3O2. The molecule has 1 heterocycles. The van der Waals surface area contributed by atoms with E-state index in [1.807, 2.05) is 22.8 Å². The molecule has 0 unspecified atom stereocenters. The Bertz CT molecular complexity index is 600. The van der Waals surface area contributed by atoms with Gasteiger partial charge in [0, 0.05) is 16.8 Å². The van der Waals surface area contributed by atoms with E-state index < -0.39 is 6.09 Å². The monoisotopic (exact) mass is 345 g/mol. The molecule has 102 valence electrons. The van der Waals surface area contributed by atoms with Gasteiger partial charge in [-0.1, -0.05) is 15.9 Å². The van der Waals surface area contributed by atoms with Crippen LogP contribution >= 0.6 is 27.5 Å². The fourth-order valence-electron chi connectivity index (χ4n) is 1.92. The SMILES string of the molecule is NC(=O)OCCn1c(CCCl)nc2cc(Br)ccc21. The van der Waals surface area contributed by atoms with Crippen LogP contribution in [-0.2, 0) is 17.7 Å². The lowest BCUT2D eigenvalue weighted by Crippen LogP contribution is -2.17. The number of fused-ring (bicyclic) bond motifs is 1. The minimum absolute atomic E-state index is 0.214. The Balaban J connectivity index is 2.31. The van der Waals surface area contributed by atoms with Crippen LogP contribution in [0, 0.1) is 0 Å². The summed E-state index contributed by atoms with van der Waals surface area (Å²) in [5.74, 6) is 1.36. The summed E-state index contributed by atoms with van der Waals surface area (Å²) in [5, 5.41) is 0. The number of imidazole rings is 1. The van der Waals surface area contributed by atoms with Gasteiger partial charge < -0.3 is 15.0 Å². The Kier molecular flexibility index (Phi) is 4.66. The molecule has 7 heteroatoms. The van der Waals surface area contributed by atoms with E-state index in [1.165, 1.54) is 0 Å². The fourth-order valence-corrected chi connectivity index (χ4v) is 2.43. The van der Waals surface area contributed by atoms with Crippen LogP contribution in [0.1, 0.15) is 5.82 Å². The van der Waals surface area contributed by atoms with E-state index >= 15 is 0 Å². The van der Waals surface area contributed by atoms with Gasteiger partial charge in [0.2, 0.25) is 0 Å².